The molecule has 0 fully saturated rings. The summed E-state index contributed by atoms with van der Waals surface area (Å²) < 4.78 is 12.6. The summed E-state index contributed by atoms with van der Waals surface area (Å²) in [6.45, 7) is 13.8. The number of benzene rings is 2. The third-order valence-corrected chi connectivity index (χ3v) is 3.67. The van der Waals surface area contributed by atoms with Crippen molar-refractivity contribution in [2.45, 2.75) is 61.3 Å². The van der Waals surface area contributed by atoms with E-state index in [-0.39, 0.29) is 5.82 Å². The van der Waals surface area contributed by atoms with E-state index in [0.717, 1.165) is 16.4 Å². The van der Waals surface area contributed by atoms with Crippen LogP contribution >= 0.6 is 9.24 Å². The minimum atomic E-state index is -0.868. The fourth-order valence-corrected chi connectivity index (χ4v) is 1.97. The third-order valence-electron chi connectivity index (χ3n) is 3.31. The van der Waals surface area contributed by atoms with Crippen molar-refractivity contribution in [2.75, 3.05) is 0 Å². The van der Waals surface area contributed by atoms with Crippen molar-refractivity contribution < 1.29 is 14.3 Å². The lowest BCUT2D eigenvalue weighted by Crippen LogP contribution is -2.02. The molecule has 0 radical (unpaired) electrons. The van der Waals surface area contributed by atoms with E-state index in [1.165, 1.54) is 18.9 Å². The molecule has 1 N–H and O–H groups in total. The Morgan fingerprint density at radius 3 is 1.85 bits per heavy atom. The minimum Gasteiger partial charge on any atom is -0.478 e. The van der Waals surface area contributed by atoms with Gasteiger partial charge in [-0.2, -0.15) is 0 Å². The Labute approximate surface area is 161 Å². The lowest BCUT2D eigenvalue weighted by atomic mass is 10.1. The lowest BCUT2D eigenvalue weighted by Gasteiger charge is -1.99. The number of hydrogen-bond acceptors (Lipinski definition) is 1. The van der Waals surface area contributed by atoms with Gasteiger partial charge in [0.05, 0.1) is 5.56 Å². The van der Waals surface area contributed by atoms with Gasteiger partial charge in [0.1, 0.15) is 5.82 Å². The highest BCUT2D eigenvalue weighted by Crippen LogP contribution is 2.07. The van der Waals surface area contributed by atoms with Crippen LogP contribution in [-0.2, 0) is 0 Å². The van der Waals surface area contributed by atoms with Crippen LogP contribution in [0.25, 0.3) is 0 Å². The van der Waals surface area contributed by atoms with Crippen LogP contribution < -0.4 is 5.30 Å². The highest BCUT2D eigenvalue weighted by atomic mass is 31.0. The number of rotatable bonds is 2. The molecule has 2 rings (SSSR count). The summed E-state index contributed by atoms with van der Waals surface area (Å²) in [5.74, 6) is -0.984. The van der Waals surface area contributed by atoms with Crippen LogP contribution in [-0.4, -0.2) is 11.1 Å². The summed E-state index contributed by atoms with van der Waals surface area (Å²) in [7, 11) is 2.53. The summed E-state index contributed by atoms with van der Waals surface area (Å²) in [5.41, 5.74) is 2.85. The van der Waals surface area contributed by atoms with E-state index in [1.54, 1.807) is 32.0 Å². The molecule has 146 valence electrons. The Bertz CT molecular complexity index is 653. The molecule has 0 aliphatic rings. The maximum atomic E-state index is 12.6. The Morgan fingerprint density at radius 1 is 0.962 bits per heavy atom. The average Bonchev–Trinajstić information content (AvgIpc) is 2.60. The summed E-state index contributed by atoms with van der Waals surface area (Å²) in [6, 6.07) is 10.4. The minimum absolute atomic E-state index is 0.116. The molecule has 2 aromatic carbocycles. The van der Waals surface area contributed by atoms with Crippen LogP contribution in [0.1, 0.15) is 67.6 Å². The van der Waals surface area contributed by atoms with Crippen molar-refractivity contribution >= 4 is 20.5 Å². The Hall–Kier alpha value is -1.73. The molecule has 0 saturated heterocycles. The number of carboxylic acids is 1. The van der Waals surface area contributed by atoms with Gasteiger partial charge in [-0.15, -0.1) is 9.24 Å². The molecule has 2 nitrogen and oxygen atoms in total. The van der Waals surface area contributed by atoms with E-state index in [0.29, 0.717) is 11.1 Å². The fraction of sp³-hybridized carbons (Fsp3) is 0.409. The molecule has 0 aromatic heterocycles. The SMILES string of the molecule is CC.CCCC.Cc1cc(P)ccc1C(=O)O.Cc1ccc(C)c(F)c1. The Balaban J connectivity index is 0. The van der Waals surface area contributed by atoms with Gasteiger partial charge in [0, 0.05) is 0 Å². The molecule has 0 aliphatic heterocycles. The van der Waals surface area contributed by atoms with E-state index in [9.17, 15) is 9.18 Å². The first-order chi connectivity index (χ1) is 12.2. The topological polar surface area (TPSA) is 37.3 Å². The molecule has 0 amide bonds. The van der Waals surface area contributed by atoms with Crippen molar-refractivity contribution in [1.82, 2.24) is 0 Å². The third kappa shape index (κ3) is 11.8. The van der Waals surface area contributed by atoms with Crippen molar-refractivity contribution in [2.24, 2.45) is 0 Å². The second kappa shape index (κ2) is 15.5. The molecule has 2 aromatic rings. The average molecular weight is 380 g/mol. The largest absolute Gasteiger partial charge is 0.478 e. The van der Waals surface area contributed by atoms with Crippen LogP contribution in [0.15, 0.2) is 36.4 Å². The van der Waals surface area contributed by atoms with Gasteiger partial charge < -0.3 is 5.11 Å². The van der Waals surface area contributed by atoms with Gasteiger partial charge in [0.15, 0.2) is 0 Å². The molecule has 0 saturated carbocycles. The summed E-state index contributed by atoms with van der Waals surface area (Å²) in [4.78, 5) is 10.5. The van der Waals surface area contributed by atoms with Gasteiger partial charge in [-0.05, 0) is 54.9 Å². The summed E-state index contributed by atoms with van der Waals surface area (Å²) in [5, 5.41) is 9.66. The van der Waals surface area contributed by atoms with E-state index >= 15 is 0 Å². The predicted molar refractivity (Wildman–Crippen MR) is 115 cm³/mol. The number of halogens is 1. The zero-order chi connectivity index (χ0) is 20.7. The quantitative estimate of drug-likeness (QED) is 0.606. The van der Waals surface area contributed by atoms with Crippen LogP contribution in [0.3, 0.4) is 0 Å². The normalized spacial score (nSPS) is 8.81. The number of unbranched alkanes of at least 4 members (excludes halogenated alkanes) is 1. The Kier molecular flexibility index (Phi) is 15.8. The predicted octanol–water partition coefficient (Wildman–Crippen LogP) is 6.47. The van der Waals surface area contributed by atoms with Crippen LogP contribution in [0, 0.1) is 26.6 Å². The van der Waals surface area contributed by atoms with Gasteiger partial charge in [0.2, 0.25) is 0 Å². The second-order valence-corrected chi connectivity index (χ2v) is 6.30. The molecule has 1 atom stereocenters. The van der Waals surface area contributed by atoms with E-state index < -0.39 is 5.97 Å². The van der Waals surface area contributed by atoms with Crippen molar-refractivity contribution in [3.63, 3.8) is 0 Å². The standard InChI is InChI=1S/C8H9F.C8H9O2P.C4H10.C2H6/c1-6-3-4-7(2)8(9)5-6;1-5-4-6(11)2-3-7(5)8(9)10;1-3-4-2;1-2/h3-5H,1-2H3;2-4H,11H2,1H3,(H,9,10);3-4H2,1-2H3;1-2H3. The van der Waals surface area contributed by atoms with Crippen molar-refractivity contribution in [1.29, 1.82) is 0 Å². The van der Waals surface area contributed by atoms with Gasteiger partial charge >= 0.3 is 5.97 Å². The lowest BCUT2D eigenvalue weighted by molar-refractivity contribution is 0.0696. The highest BCUT2D eigenvalue weighted by molar-refractivity contribution is 7.27. The zero-order valence-electron chi connectivity index (χ0n) is 17.2. The van der Waals surface area contributed by atoms with Crippen molar-refractivity contribution in [3.05, 3.63) is 64.5 Å². The van der Waals surface area contributed by atoms with E-state index in [4.69, 9.17) is 5.11 Å². The number of aryl methyl sites for hydroxylation is 3. The number of carbonyl (C=O) groups is 1. The molecular weight excluding hydrogens is 346 g/mol. The van der Waals surface area contributed by atoms with E-state index in [2.05, 4.69) is 23.1 Å². The Morgan fingerprint density at radius 2 is 1.50 bits per heavy atom. The first kappa shape index (κ1) is 26.5. The molecule has 1 unspecified atom stereocenters. The first-order valence-corrected chi connectivity index (χ1v) is 9.62. The fourth-order valence-electron chi connectivity index (χ4n) is 1.62. The maximum Gasteiger partial charge on any atom is 0.335 e. The summed E-state index contributed by atoms with van der Waals surface area (Å²) >= 11 is 0. The number of carboxylic acid groups (broad SMARTS) is 1. The summed E-state index contributed by atoms with van der Waals surface area (Å²) in [6.07, 6.45) is 2.64. The molecule has 26 heavy (non-hydrogen) atoms. The molecular formula is C22H34FO2P. The second-order valence-electron chi connectivity index (χ2n) is 5.63. The smallest absolute Gasteiger partial charge is 0.335 e. The zero-order valence-corrected chi connectivity index (χ0v) is 18.3. The number of hydrogen-bond donors (Lipinski definition) is 1. The van der Waals surface area contributed by atoms with Gasteiger partial charge in [-0.3, -0.25) is 0 Å². The van der Waals surface area contributed by atoms with Crippen LogP contribution in [0.5, 0.6) is 0 Å². The number of aromatic carboxylic acids is 1. The van der Waals surface area contributed by atoms with Crippen LogP contribution in [0.4, 0.5) is 4.39 Å². The highest BCUT2D eigenvalue weighted by Gasteiger charge is 2.04. The van der Waals surface area contributed by atoms with Crippen LogP contribution in [0.2, 0.25) is 0 Å². The van der Waals surface area contributed by atoms with Gasteiger partial charge in [-0.25, -0.2) is 9.18 Å². The first-order valence-electron chi connectivity index (χ1n) is 9.05. The molecule has 0 heterocycles. The molecule has 4 heteroatoms. The van der Waals surface area contributed by atoms with Gasteiger partial charge in [-0.1, -0.05) is 64.8 Å². The van der Waals surface area contributed by atoms with E-state index in [1.807, 2.05) is 32.9 Å². The molecule has 0 spiro atoms. The maximum absolute atomic E-state index is 12.6. The monoisotopic (exact) mass is 380 g/mol. The molecule has 0 aliphatic carbocycles. The molecule has 0 bridgehead atoms. The van der Waals surface area contributed by atoms with Gasteiger partial charge in [0.25, 0.3) is 0 Å². The van der Waals surface area contributed by atoms with Crippen molar-refractivity contribution in [3.8, 4) is 0 Å².